The van der Waals surface area contributed by atoms with E-state index in [0.717, 1.165) is 24.7 Å². The van der Waals surface area contributed by atoms with Crippen molar-refractivity contribution in [1.82, 2.24) is 19.9 Å². The van der Waals surface area contributed by atoms with Crippen molar-refractivity contribution in [2.24, 2.45) is 0 Å². The van der Waals surface area contributed by atoms with Gasteiger partial charge in [-0.15, -0.1) is 0 Å². The third-order valence-corrected chi connectivity index (χ3v) is 4.65. The molecule has 2 aromatic heterocycles. The van der Waals surface area contributed by atoms with Gasteiger partial charge in [0.15, 0.2) is 0 Å². The number of carbonyl (C=O) groups excluding carboxylic acids is 1. The van der Waals surface area contributed by atoms with E-state index in [-0.39, 0.29) is 12.1 Å². The van der Waals surface area contributed by atoms with Crippen LogP contribution in [0, 0.1) is 0 Å². The third-order valence-electron chi connectivity index (χ3n) is 4.65. The lowest BCUT2D eigenvalue weighted by atomic mass is 10.2. The summed E-state index contributed by atoms with van der Waals surface area (Å²) in [5.41, 5.74) is 1.50. The van der Waals surface area contributed by atoms with E-state index in [1.165, 1.54) is 12.8 Å². The SMILES string of the molecule is O=C(Nc1cccnc1)N1CCO[C@@H](c2ccnc(N3CCCC3)n2)C1. The molecule has 0 bridgehead atoms. The summed E-state index contributed by atoms with van der Waals surface area (Å²) in [6.45, 7) is 3.48. The van der Waals surface area contributed by atoms with Gasteiger partial charge >= 0.3 is 6.03 Å². The van der Waals surface area contributed by atoms with Crippen molar-refractivity contribution in [2.75, 3.05) is 43.0 Å². The van der Waals surface area contributed by atoms with Crippen LogP contribution in [0.2, 0.25) is 0 Å². The first-order chi connectivity index (χ1) is 12.8. The maximum atomic E-state index is 12.5. The topological polar surface area (TPSA) is 83.5 Å². The minimum Gasteiger partial charge on any atom is -0.368 e. The van der Waals surface area contributed by atoms with Crippen LogP contribution < -0.4 is 10.2 Å². The van der Waals surface area contributed by atoms with Gasteiger partial charge in [-0.25, -0.2) is 14.8 Å². The van der Waals surface area contributed by atoms with Crippen LogP contribution in [0.4, 0.5) is 16.4 Å². The van der Waals surface area contributed by atoms with Crippen LogP contribution in [-0.2, 0) is 4.74 Å². The van der Waals surface area contributed by atoms with E-state index in [1.807, 2.05) is 12.1 Å². The predicted molar refractivity (Wildman–Crippen MR) is 97.0 cm³/mol. The first-order valence-corrected chi connectivity index (χ1v) is 8.95. The van der Waals surface area contributed by atoms with Crippen LogP contribution in [-0.4, -0.2) is 58.7 Å². The highest BCUT2D eigenvalue weighted by molar-refractivity contribution is 5.89. The molecule has 2 aromatic rings. The number of ether oxygens (including phenoxy) is 1. The van der Waals surface area contributed by atoms with Gasteiger partial charge in [0, 0.05) is 32.0 Å². The molecule has 8 heteroatoms. The minimum absolute atomic E-state index is 0.153. The lowest BCUT2D eigenvalue weighted by Gasteiger charge is -2.32. The summed E-state index contributed by atoms with van der Waals surface area (Å²) in [6, 6.07) is 5.32. The fourth-order valence-corrected chi connectivity index (χ4v) is 3.26. The van der Waals surface area contributed by atoms with Gasteiger partial charge in [0.25, 0.3) is 0 Å². The molecule has 0 radical (unpaired) electrons. The van der Waals surface area contributed by atoms with Crippen LogP contribution in [0.25, 0.3) is 0 Å². The van der Waals surface area contributed by atoms with E-state index in [1.54, 1.807) is 29.6 Å². The number of rotatable bonds is 3. The number of nitrogens with one attached hydrogen (secondary N) is 1. The first kappa shape index (κ1) is 16.7. The van der Waals surface area contributed by atoms with Crippen LogP contribution >= 0.6 is 0 Å². The summed E-state index contributed by atoms with van der Waals surface area (Å²) >= 11 is 0. The van der Waals surface area contributed by atoms with Crippen LogP contribution in [0.5, 0.6) is 0 Å². The van der Waals surface area contributed by atoms with E-state index in [2.05, 4.69) is 25.2 Å². The fourth-order valence-electron chi connectivity index (χ4n) is 3.26. The second-order valence-corrected chi connectivity index (χ2v) is 6.45. The molecule has 1 atom stereocenters. The maximum absolute atomic E-state index is 12.5. The van der Waals surface area contributed by atoms with Gasteiger partial charge in [0.1, 0.15) is 6.10 Å². The van der Waals surface area contributed by atoms with Crippen molar-refractivity contribution in [3.05, 3.63) is 42.5 Å². The van der Waals surface area contributed by atoms with Crippen LogP contribution in [0.3, 0.4) is 0 Å². The Morgan fingerprint density at radius 3 is 2.88 bits per heavy atom. The highest BCUT2D eigenvalue weighted by Crippen LogP contribution is 2.23. The quantitative estimate of drug-likeness (QED) is 0.909. The van der Waals surface area contributed by atoms with Gasteiger partial charge in [-0.2, -0.15) is 0 Å². The minimum atomic E-state index is -0.243. The molecule has 2 saturated heterocycles. The van der Waals surface area contributed by atoms with E-state index < -0.39 is 0 Å². The smallest absolute Gasteiger partial charge is 0.322 e. The van der Waals surface area contributed by atoms with Gasteiger partial charge in [-0.3, -0.25) is 4.98 Å². The van der Waals surface area contributed by atoms with Crippen LogP contribution in [0.15, 0.2) is 36.8 Å². The standard InChI is InChI=1S/C18H22N6O2/c25-18(21-14-4-3-6-19-12-14)24-10-11-26-16(13-24)15-5-7-20-17(22-15)23-8-1-2-9-23/h3-7,12,16H,1-2,8-11,13H2,(H,21,25)/t16-/m1/s1. The number of amides is 2. The number of carbonyl (C=O) groups is 1. The van der Waals surface area contributed by atoms with Crippen molar-refractivity contribution < 1.29 is 9.53 Å². The molecule has 26 heavy (non-hydrogen) atoms. The Balaban J connectivity index is 1.43. The molecular weight excluding hydrogens is 332 g/mol. The number of pyridine rings is 1. The van der Waals surface area contributed by atoms with Crippen molar-refractivity contribution in [1.29, 1.82) is 0 Å². The Bertz CT molecular complexity index is 750. The van der Waals surface area contributed by atoms with Gasteiger partial charge in [0.2, 0.25) is 5.95 Å². The fraction of sp³-hybridized carbons (Fsp3) is 0.444. The van der Waals surface area contributed by atoms with E-state index in [0.29, 0.717) is 25.4 Å². The van der Waals surface area contributed by atoms with Gasteiger partial charge in [-0.1, -0.05) is 0 Å². The molecule has 2 aliphatic rings. The molecule has 0 aliphatic carbocycles. The van der Waals surface area contributed by atoms with Gasteiger partial charge in [0.05, 0.1) is 30.7 Å². The zero-order chi connectivity index (χ0) is 17.8. The van der Waals surface area contributed by atoms with Crippen molar-refractivity contribution in [3.8, 4) is 0 Å². The maximum Gasteiger partial charge on any atom is 0.322 e. The molecule has 0 saturated carbocycles. The summed E-state index contributed by atoms with van der Waals surface area (Å²) in [7, 11) is 0. The second kappa shape index (κ2) is 7.65. The highest BCUT2D eigenvalue weighted by atomic mass is 16.5. The molecule has 0 spiro atoms. The first-order valence-electron chi connectivity index (χ1n) is 8.95. The number of hydrogen-bond acceptors (Lipinski definition) is 6. The number of urea groups is 1. The molecule has 0 aromatic carbocycles. The lowest BCUT2D eigenvalue weighted by Crippen LogP contribution is -2.44. The second-order valence-electron chi connectivity index (χ2n) is 6.45. The Morgan fingerprint density at radius 2 is 2.08 bits per heavy atom. The zero-order valence-electron chi connectivity index (χ0n) is 14.5. The molecule has 2 aliphatic heterocycles. The molecule has 2 fully saturated rings. The van der Waals surface area contributed by atoms with E-state index >= 15 is 0 Å². The number of aromatic nitrogens is 3. The molecule has 0 unspecified atom stereocenters. The molecular formula is C18H22N6O2. The lowest BCUT2D eigenvalue weighted by molar-refractivity contribution is -0.0157. The number of morpholine rings is 1. The number of anilines is 2. The molecule has 4 rings (SSSR count). The summed E-state index contributed by atoms with van der Waals surface area (Å²) in [5, 5.41) is 2.87. The predicted octanol–water partition coefficient (Wildman–Crippen LogP) is 2.08. The van der Waals surface area contributed by atoms with E-state index in [9.17, 15) is 4.79 Å². The normalized spacial score (nSPS) is 20.2. The average Bonchev–Trinajstić information content (AvgIpc) is 3.24. The van der Waals surface area contributed by atoms with Crippen molar-refractivity contribution >= 4 is 17.7 Å². The Morgan fingerprint density at radius 1 is 1.19 bits per heavy atom. The summed E-state index contributed by atoms with van der Waals surface area (Å²) in [4.78, 5) is 29.5. The van der Waals surface area contributed by atoms with Crippen LogP contribution in [0.1, 0.15) is 24.6 Å². The number of hydrogen-bond donors (Lipinski definition) is 1. The van der Waals surface area contributed by atoms with Crippen molar-refractivity contribution in [3.63, 3.8) is 0 Å². The third kappa shape index (κ3) is 3.75. The molecule has 4 heterocycles. The molecule has 1 N–H and O–H groups in total. The Kier molecular flexibility index (Phi) is 4.92. The Hall–Kier alpha value is -2.74. The molecule has 8 nitrogen and oxygen atoms in total. The zero-order valence-corrected chi connectivity index (χ0v) is 14.5. The summed E-state index contributed by atoms with van der Waals surface area (Å²) in [6.07, 6.45) is 7.18. The highest BCUT2D eigenvalue weighted by Gasteiger charge is 2.27. The summed E-state index contributed by atoms with van der Waals surface area (Å²) in [5.74, 6) is 0.750. The average molecular weight is 354 g/mol. The molecule has 2 amide bonds. The Labute approximate surface area is 152 Å². The van der Waals surface area contributed by atoms with Gasteiger partial charge < -0.3 is 19.9 Å². The monoisotopic (exact) mass is 354 g/mol. The number of nitrogens with zero attached hydrogens (tertiary/aromatic N) is 5. The van der Waals surface area contributed by atoms with E-state index in [4.69, 9.17) is 4.74 Å². The molecule has 136 valence electrons. The van der Waals surface area contributed by atoms with Crippen molar-refractivity contribution in [2.45, 2.75) is 18.9 Å². The van der Waals surface area contributed by atoms with Gasteiger partial charge in [-0.05, 0) is 31.0 Å². The largest absolute Gasteiger partial charge is 0.368 e. The summed E-state index contributed by atoms with van der Waals surface area (Å²) < 4.78 is 5.87.